The molecule has 0 bridgehead atoms. The zero-order valence-electron chi connectivity index (χ0n) is 5.98. The molecule has 0 aliphatic heterocycles. The van der Waals surface area contributed by atoms with Crippen molar-refractivity contribution in [3.63, 3.8) is 0 Å². The van der Waals surface area contributed by atoms with Crippen LogP contribution in [-0.2, 0) is 28.0 Å². The Balaban J connectivity index is 4.26. The first-order valence-electron chi connectivity index (χ1n) is 2.62. The van der Waals surface area contributed by atoms with E-state index in [1.54, 1.807) is 6.92 Å². The molecule has 0 aromatic carbocycles. The highest BCUT2D eigenvalue weighted by molar-refractivity contribution is 8.43. The third-order valence-electron chi connectivity index (χ3n) is 0.709. The van der Waals surface area contributed by atoms with E-state index in [1.807, 2.05) is 0 Å². The molecule has 0 aromatic heterocycles. The minimum Gasteiger partial charge on any atom is -0.300 e. The number of hydrogen-bond donors (Lipinski definition) is 0. The van der Waals surface area contributed by atoms with Gasteiger partial charge in [0.2, 0.25) is 0 Å². The van der Waals surface area contributed by atoms with Crippen LogP contribution >= 0.6 is 18.7 Å². The monoisotopic (exact) mass is 222 g/mol. The van der Waals surface area contributed by atoms with Gasteiger partial charge in [-0.1, -0.05) is 0 Å². The molecule has 0 radical (unpaired) electrons. The topological polar surface area (TPSA) is 61.8 Å². The van der Waals surface area contributed by atoms with Gasteiger partial charge < -0.3 is 4.52 Å². The van der Waals surface area contributed by atoms with E-state index in [4.69, 9.17) is 11.9 Å². The SMILES string of the molecule is CCOS(=O)P(=O)(OC)OCl. The third-order valence-corrected chi connectivity index (χ3v) is 5.00. The van der Waals surface area contributed by atoms with E-state index >= 15 is 0 Å². The second-order valence-corrected chi connectivity index (χ2v) is 6.04. The number of rotatable bonds is 5. The second kappa shape index (κ2) is 5.24. The fourth-order valence-corrected chi connectivity index (χ4v) is 2.62. The van der Waals surface area contributed by atoms with Crippen LogP contribution in [0.5, 0.6) is 0 Å². The van der Waals surface area contributed by atoms with E-state index in [2.05, 4.69) is 12.8 Å². The quantitative estimate of drug-likeness (QED) is 0.662. The van der Waals surface area contributed by atoms with Crippen molar-refractivity contribution in [1.82, 2.24) is 0 Å². The molecule has 0 aromatic rings. The van der Waals surface area contributed by atoms with Gasteiger partial charge in [-0.25, -0.2) is 8.77 Å². The Morgan fingerprint density at radius 2 is 2.18 bits per heavy atom. The van der Waals surface area contributed by atoms with Crippen LogP contribution in [0.25, 0.3) is 0 Å². The Morgan fingerprint density at radius 1 is 1.64 bits per heavy atom. The van der Waals surface area contributed by atoms with Gasteiger partial charge in [0.25, 0.3) is 10.7 Å². The molecular formula is C3H8ClO5PS. The average molecular weight is 223 g/mol. The summed E-state index contributed by atoms with van der Waals surface area (Å²) in [6, 6.07) is 0. The van der Waals surface area contributed by atoms with Gasteiger partial charge in [0.1, 0.15) is 0 Å². The lowest BCUT2D eigenvalue weighted by Gasteiger charge is -2.08. The molecule has 0 N–H and O–H groups in total. The molecule has 0 fully saturated rings. The van der Waals surface area contributed by atoms with Crippen LogP contribution in [0.2, 0.25) is 0 Å². The fourth-order valence-electron chi connectivity index (χ4n) is 0.277. The van der Waals surface area contributed by atoms with E-state index < -0.39 is 17.5 Å². The van der Waals surface area contributed by atoms with E-state index in [0.29, 0.717) is 0 Å². The molecule has 5 nitrogen and oxygen atoms in total. The van der Waals surface area contributed by atoms with Crippen LogP contribution in [0, 0.1) is 0 Å². The molecule has 0 spiro atoms. The first kappa shape index (κ1) is 11.6. The summed E-state index contributed by atoms with van der Waals surface area (Å²) in [5.41, 5.74) is 0. The summed E-state index contributed by atoms with van der Waals surface area (Å²) in [5.74, 6) is 0. The lowest BCUT2D eigenvalue weighted by Crippen LogP contribution is -1.99. The summed E-state index contributed by atoms with van der Waals surface area (Å²) < 4.78 is 34.5. The normalized spacial score (nSPS) is 19.2. The fraction of sp³-hybridized carbons (Fsp3) is 1.00. The number of halogens is 1. The summed E-state index contributed by atoms with van der Waals surface area (Å²) in [6.07, 6.45) is 0. The van der Waals surface area contributed by atoms with E-state index in [-0.39, 0.29) is 6.61 Å². The van der Waals surface area contributed by atoms with Crippen molar-refractivity contribution in [2.45, 2.75) is 6.92 Å². The lowest BCUT2D eigenvalue weighted by molar-refractivity contribution is 0.330. The summed E-state index contributed by atoms with van der Waals surface area (Å²) in [4.78, 5) is 0. The standard InChI is InChI=1S/C3H8ClO5PS/c1-3-8-11(6)10(5,7-2)9-4/h3H2,1-2H3. The van der Waals surface area contributed by atoms with Crippen molar-refractivity contribution in [3.8, 4) is 0 Å². The highest BCUT2D eigenvalue weighted by Crippen LogP contribution is 2.52. The first-order chi connectivity index (χ1) is 5.10. The molecule has 2 atom stereocenters. The highest BCUT2D eigenvalue weighted by atomic mass is 35.5. The van der Waals surface area contributed by atoms with Gasteiger partial charge in [0, 0.05) is 7.11 Å². The summed E-state index contributed by atoms with van der Waals surface area (Å²) in [6.45, 7) is -2.04. The maximum absolute atomic E-state index is 11.0. The van der Waals surface area contributed by atoms with Gasteiger partial charge in [0.05, 0.1) is 18.5 Å². The highest BCUT2D eigenvalue weighted by Gasteiger charge is 2.33. The molecule has 68 valence electrons. The van der Waals surface area contributed by atoms with E-state index in [9.17, 15) is 8.77 Å². The molecule has 11 heavy (non-hydrogen) atoms. The Kier molecular flexibility index (Phi) is 5.50. The van der Waals surface area contributed by atoms with Gasteiger partial charge >= 0.3 is 6.80 Å². The third kappa shape index (κ3) is 3.19. The van der Waals surface area contributed by atoms with Crippen LogP contribution in [0.1, 0.15) is 6.92 Å². The largest absolute Gasteiger partial charge is 0.460 e. The smallest absolute Gasteiger partial charge is 0.300 e. The van der Waals surface area contributed by atoms with Gasteiger partial charge in [-0.2, -0.15) is 4.08 Å². The lowest BCUT2D eigenvalue weighted by atomic mass is 10.9. The van der Waals surface area contributed by atoms with Crippen LogP contribution in [0.4, 0.5) is 0 Å². The van der Waals surface area contributed by atoms with Gasteiger partial charge in [-0.3, -0.25) is 4.18 Å². The first-order valence-corrected chi connectivity index (χ1v) is 6.15. The van der Waals surface area contributed by atoms with E-state index in [1.165, 1.54) is 0 Å². The molecule has 0 heterocycles. The van der Waals surface area contributed by atoms with Crippen molar-refractivity contribution >= 4 is 29.4 Å². The van der Waals surface area contributed by atoms with Crippen LogP contribution < -0.4 is 0 Å². The number of hydrogen-bond acceptors (Lipinski definition) is 5. The van der Waals surface area contributed by atoms with Crippen molar-refractivity contribution in [2.75, 3.05) is 13.7 Å². The van der Waals surface area contributed by atoms with Crippen LogP contribution in [0.3, 0.4) is 0 Å². The van der Waals surface area contributed by atoms with Crippen molar-refractivity contribution in [2.24, 2.45) is 0 Å². The second-order valence-electron chi connectivity index (χ2n) is 1.32. The molecule has 0 aliphatic carbocycles. The average Bonchev–Trinajstić information content (AvgIpc) is 2.03. The van der Waals surface area contributed by atoms with Crippen LogP contribution in [-0.4, -0.2) is 17.9 Å². The Bertz CT molecular complexity index is 177. The molecule has 0 saturated carbocycles. The summed E-state index contributed by atoms with van der Waals surface area (Å²) in [7, 11) is -1.07. The molecule has 8 heteroatoms. The molecule has 0 aliphatic rings. The summed E-state index contributed by atoms with van der Waals surface area (Å²) in [5, 5.41) is 0. The predicted octanol–water partition coefficient (Wildman–Crippen LogP) is 1.61. The van der Waals surface area contributed by atoms with Crippen molar-refractivity contribution in [1.29, 1.82) is 0 Å². The molecule has 0 rings (SSSR count). The minimum absolute atomic E-state index is 0.139. The maximum atomic E-state index is 11.0. The molecular weight excluding hydrogens is 215 g/mol. The summed E-state index contributed by atoms with van der Waals surface area (Å²) >= 11 is 4.78. The zero-order chi connectivity index (χ0) is 8.91. The molecule has 0 saturated heterocycles. The van der Waals surface area contributed by atoms with Crippen LogP contribution in [0.15, 0.2) is 0 Å². The van der Waals surface area contributed by atoms with Crippen molar-refractivity contribution < 1.29 is 21.6 Å². The molecule has 2 unspecified atom stereocenters. The van der Waals surface area contributed by atoms with E-state index in [0.717, 1.165) is 7.11 Å². The van der Waals surface area contributed by atoms with Gasteiger partial charge in [-0.05, 0) is 6.92 Å². The van der Waals surface area contributed by atoms with Gasteiger partial charge in [0.15, 0.2) is 0 Å². The van der Waals surface area contributed by atoms with Crippen molar-refractivity contribution in [3.05, 3.63) is 0 Å². The van der Waals surface area contributed by atoms with Gasteiger partial charge in [-0.15, -0.1) is 0 Å². The Morgan fingerprint density at radius 3 is 2.45 bits per heavy atom. The Hall–Kier alpha value is 0.550. The minimum atomic E-state index is -3.77. The Labute approximate surface area is 72.1 Å². The maximum Gasteiger partial charge on any atom is 0.460 e. The predicted molar refractivity (Wildman–Crippen MR) is 41.3 cm³/mol. The molecule has 0 amide bonds. The zero-order valence-corrected chi connectivity index (χ0v) is 8.45.